The number of fused-ring (bicyclic) bond motifs is 1. The summed E-state index contributed by atoms with van der Waals surface area (Å²) < 4.78 is 6.65. The van der Waals surface area contributed by atoms with Gasteiger partial charge in [-0.3, -0.25) is 9.20 Å². The van der Waals surface area contributed by atoms with Gasteiger partial charge in [-0.15, -0.1) is 11.3 Å². The number of pyridine rings is 1. The summed E-state index contributed by atoms with van der Waals surface area (Å²) in [5.74, 6) is -0.463. The standard InChI is InChI=1S/C18H16N2O3S/c1-12-7-9-24-15(12)5-6-17(22)23-11-14-10-16(21)20-8-3-4-13(2)18(20)19-14/h3-10H,11H2,1-2H3/b6-5+. The Morgan fingerprint density at radius 2 is 2.17 bits per heavy atom. The summed E-state index contributed by atoms with van der Waals surface area (Å²) in [6.45, 7) is 3.83. The van der Waals surface area contributed by atoms with E-state index in [9.17, 15) is 9.59 Å². The molecule has 0 unspecified atom stereocenters. The quantitative estimate of drug-likeness (QED) is 0.541. The van der Waals surface area contributed by atoms with Crippen LogP contribution in [0.15, 0.2) is 46.7 Å². The highest BCUT2D eigenvalue weighted by molar-refractivity contribution is 7.11. The third-order valence-electron chi connectivity index (χ3n) is 3.57. The van der Waals surface area contributed by atoms with E-state index in [1.54, 1.807) is 29.7 Å². The van der Waals surface area contributed by atoms with Crippen molar-refractivity contribution in [3.63, 3.8) is 0 Å². The van der Waals surface area contributed by atoms with Crippen molar-refractivity contribution in [1.29, 1.82) is 0 Å². The maximum Gasteiger partial charge on any atom is 0.331 e. The molecule has 0 N–H and O–H groups in total. The Labute approximate surface area is 142 Å². The summed E-state index contributed by atoms with van der Waals surface area (Å²) in [6.07, 6.45) is 4.78. The molecule has 3 rings (SSSR count). The minimum Gasteiger partial charge on any atom is -0.456 e. The van der Waals surface area contributed by atoms with E-state index >= 15 is 0 Å². The fourth-order valence-corrected chi connectivity index (χ4v) is 3.09. The van der Waals surface area contributed by atoms with Crippen molar-refractivity contribution in [2.45, 2.75) is 20.5 Å². The molecular formula is C18H16N2O3S. The molecule has 0 aromatic carbocycles. The fraction of sp³-hybridized carbons (Fsp3) is 0.167. The van der Waals surface area contributed by atoms with E-state index in [-0.39, 0.29) is 12.2 Å². The number of thiophene rings is 1. The first-order valence-electron chi connectivity index (χ1n) is 7.41. The summed E-state index contributed by atoms with van der Waals surface area (Å²) in [5, 5.41) is 1.97. The Morgan fingerprint density at radius 3 is 2.92 bits per heavy atom. The average molecular weight is 340 g/mol. The van der Waals surface area contributed by atoms with E-state index in [0.29, 0.717) is 11.3 Å². The molecule has 5 nitrogen and oxygen atoms in total. The third kappa shape index (κ3) is 3.44. The van der Waals surface area contributed by atoms with Gasteiger partial charge in [0.2, 0.25) is 0 Å². The van der Waals surface area contributed by atoms with E-state index in [1.165, 1.54) is 16.5 Å². The van der Waals surface area contributed by atoms with Crippen molar-refractivity contribution in [2.75, 3.05) is 0 Å². The predicted molar refractivity (Wildman–Crippen MR) is 94.1 cm³/mol. The van der Waals surface area contributed by atoms with Crippen LogP contribution in [0.25, 0.3) is 11.7 Å². The largest absolute Gasteiger partial charge is 0.456 e. The van der Waals surface area contributed by atoms with Crippen molar-refractivity contribution in [3.05, 3.63) is 74.0 Å². The number of nitrogens with zero attached hydrogens (tertiary/aromatic N) is 2. The van der Waals surface area contributed by atoms with Crippen molar-refractivity contribution in [1.82, 2.24) is 9.38 Å². The van der Waals surface area contributed by atoms with E-state index in [0.717, 1.165) is 16.0 Å². The molecule has 0 aliphatic heterocycles. The number of esters is 1. The zero-order chi connectivity index (χ0) is 17.1. The number of hydrogen-bond donors (Lipinski definition) is 0. The lowest BCUT2D eigenvalue weighted by Gasteiger charge is -2.06. The van der Waals surface area contributed by atoms with Gasteiger partial charge in [0.1, 0.15) is 12.3 Å². The van der Waals surface area contributed by atoms with Gasteiger partial charge in [-0.2, -0.15) is 0 Å². The first-order valence-corrected chi connectivity index (χ1v) is 8.29. The van der Waals surface area contributed by atoms with Gasteiger partial charge in [-0.05, 0) is 48.6 Å². The minimum atomic E-state index is -0.463. The lowest BCUT2D eigenvalue weighted by molar-refractivity contribution is -0.139. The topological polar surface area (TPSA) is 60.7 Å². The van der Waals surface area contributed by atoms with Crippen molar-refractivity contribution in [2.24, 2.45) is 0 Å². The van der Waals surface area contributed by atoms with Crippen LogP contribution in [0.3, 0.4) is 0 Å². The van der Waals surface area contributed by atoms with Crippen LogP contribution in [-0.4, -0.2) is 15.4 Å². The maximum atomic E-state index is 12.1. The second-order valence-corrected chi connectivity index (χ2v) is 6.33. The first kappa shape index (κ1) is 16.1. The Morgan fingerprint density at radius 1 is 1.33 bits per heavy atom. The van der Waals surface area contributed by atoms with E-state index in [1.807, 2.05) is 31.4 Å². The van der Waals surface area contributed by atoms with Crippen LogP contribution in [0, 0.1) is 13.8 Å². The number of carbonyl (C=O) groups excluding carboxylic acids is 1. The average Bonchev–Trinajstić information content (AvgIpc) is 2.97. The Kier molecular flexibility index (Phi) is 4.57. The molecule has 0 aliphatic carbocycles. The normalized spacial score (nSPS) is 11.2. The van der Waals surface area contributed by atoms with Crippen LogP contribution >= 0.6 is 11.3 Å². The molecule has 0 saturated carbocycles. The van der Waals surface area contributed by atoms with Crippen LogP contribution in [0.4, 0.5) is 0 Å². The summed E-state index contributed by atoms with van der Waals surface area (Å²) in [5.41, 5.74) is 2.81. The molecule has 3 aromatic heterocycles. The summed E-state index contributed by atoms with van der Waals surface area (Å²) >= 11 is 1.56. The molecule has 0 amide bonds. The zero-order valence-corrected chi connectivity index (χ0v) is 14.2. The van der Waals surface area contributed by atoms with Crippen LogP contribution in [0.2, 0.25) is 0 Å². The van der Waals surface area contributed by atoms with Gasteiger partial charge in [-0.1, -0.05) is 6.07 Å². The van der Waals surface area contributed by atoms with E-state index in [4.69, 9.17) is 4.74 Å². The molecular weight excluding hydrogens is 324 g/mol. The van der Waals surface area contributed by atoms with Crippen molar-refractivity contribution in [3.8, 4) is 0 Å². The van der Waals surface area contributed by atoms with Crippen LogP contribution in [0.1, 0.15) is 21.7 Å². The van der Waals surface area contributed by atoms with Gasteiger partial charge < -0.3 is 4.74 Å². The zero-order valence-electron chi connectivity index (χ0n) is 13.4. The number of carbonyl (C=O) groups is 1. The number of rotatable bonds is 4. The monoisotopic (exact) mass is 340 g/mol. The molecule has 24 heavy (non-hydrogen) atoms. The first-order chi connectivity index (χ1) is 11.5. The molecule has 122 valence electrons. The van der Waals surface area contributed by atoms with Gasteiger partial charge in [0.05, 0.1) is 5.69 Å². The van der Waals surface area contributed by atoms with Gasteiger partial charge in [0.15, 0.2) is 0 Å². The Balaban J connectivity index is 1.73. The van der Waals surface area contributed by atoms with Crippen LogP contribution < -0.4 is 5.56 Å². The highest BCUT2D eigenvalue weighted by atomic mass is 32.1. The molecule has 0 saturated heterocycles. The highest BCUT2D eigenvalue weighted by Gasteiger charge is 2.06. The van der Waals surface area contributed by atoms with Gasteiger partial charge in [0, 0.05) is 23.2 Å². The SMILES string of the molecule is Cc1ccsc1/C=C/C(=O)OCc1cc(=O)n2cccc(C)c2n1. The molecule has 0 aliphatic rings. The molecule has 0 spiro atoms. The number of hydrogen-bond acceptors (Lipinski definition) is 5. The van der Waals surface area contributed by atoms with E-state index < -0.39 is 5.97 Å². The van der Waals surface area contributed by atoms with Crippen molar-refractivity contribution >= 4 is 29.0 Å². The molecule has 0 atom stereocenters. The molecule has 0 radical (unpaired) electrons. The van der Waals surface area contributed by atoms with Crippen LogP contribution in [-0.2, 0) is 16.1 Å². The minimum absolute atomic E-state index is 0.0350. The number of ether oxygens (including phenoxy) is 1. The Hall–Kier alpha value is -2.73. The number of aryl methyl sites for hydroxylation is 2. The smallest absolute Gasteiger partial charge is 0.331 e. The Bertz CT molecular complexity index is 985. The number of aromatic nitrogens is 2. The van der Waals surface area contributed by atoms with E-state index in [2.05, 4.69) is 4.98 Å². The molecule has 6 heteroatoms. The molecule has 0 fully saturated rings. The summed E-state index contributed by atoms with van der Waals surface area (Å²) in [7, 11) is 0. The lowest BCUT2D eigenvalue weighted by Crippen LogP contribution is -2.17. The molecule has 3 heterocycles. The molecule has 0 bridgehead atoms. The highest BCUT2D eigenvalue weighted by Crippen LogP contribution is 2.17. The third-order valence-corrected chi connectivity index (χ3v) is 4.56. The van der Waals surface area contributed by atoms with Crippen LogP contribution in [0.5, 0.6) is 0 Å². The lowest BCUT2D eigenvalue weighted by atomic mass is 10.3. The second-order valence-electron chi connectivity index (χ2n) is 5.38. The summed E-state index contributed by atoms with van der Waals surface area (Å²) in [6, 6.07) is 7.05. The maximum absolute atomic E-state index is 12.1. The van der Waals surface area contributed by atoms with Gasteiger partial charge >= 0.3 is 5.97 Å². The predicted octanol–water partition coefficient (Wildman–Crippen LogP) is 3.13. The second kappa shape index (κ2) is 6.80. The van der Waals surface area contributed by atoms with Gasteiger partial charge in [0.25, 0.3) is 5.56 Å². The fourth-order valence-electron chi connectivity index (χ4n) is 2.27. The summed E-state index contributed by atoms with van der Waals surface area (Å²) in [4.78, 5) is 29.3. The molecule has 3 aromatic rings. The van der Waals surface area contributed by atoms with Crippen molar-refractivity contribution < 1.29 is 9.53 Å². The van der Waals surface area contributed by atoms with Gasteiger partial charge in [-0.25, -0.2) is 9.78 Å².